The molecule has 6 nitrogen and oxygen atoms in total. The van der Waals surface area contributed by atoms with E-state index in [9.17, 15) is 8.42 Å². The van der Waals surface area contributed by atoms with Gasteiger partial charge in [-0.1, -0.05) is 6.92 Å². The monoisotopic (exact) mass is 217 g/mol. The molecule has 0 spiro atoms. The summed E-state index contributed by atoms with van der Waals surface area (Å²) in [5.74, 6) is 0.585. The predicted molar refractivity (Wildman–Crippen MR) is 48.3 cm³/mol. The summed E-state index contributed by atoms with van der Waals surface area (Å²) in [4.78, 5) is -0.0376. The molecule has 0 aromatic carbocycles. The van der Waals surface area contributed by atoms with Gasteiger partial charge in [0.2, 0.25) is 15.9 Å². The van der Waals surface area contributed by atoms with Crippen molar-refractivity contribution >= 4 is 10.0 Å². The molecule has 0 radical (unpaired) electrons. The molecule has 1 aliphatic rings. The molecule has 2 heterocycles. The minimum absolute atomic E-state index is 0.0376. The van der Waals surface area contributed by atoms with Crippen molar-refractivity contribution in [2.45, 2.75) is 18.4 Å². The average molecular weight is 217 g/mol. The lowest BCUT2D eigenvalue weighted by Gasteiger charge is -2.21. The molecule has 7 heteroatoms. The van der Waals surface area contributed by atoms with E-state index in [1.807, 2.05) is 6.92 Å². The predicted octanol–water partition coefficient (Wildman–Crippen LogP) is -0.441. The maximum atomic E-state index is 11.1. The van der Waals surface area contributed by atoms with Gasteiger partial charge in [-0.2, -0.15) is 5.10 Å². The van der Waals surface area contributed by atoms with Crippen LogP contribution in [0.2, 0.25) is 0 Å². The lowest BCUT2D eigenvalue weighted by molar-refractivity contribution is 0.170. The van der Waals surface area contributed by atoms with Crippen LogP contribution in [0.25, 0.3) is 0 Å². The number of aromatic nitrogens is 2. The first kappa shape index (κ1) is 9.47. The molecule has 0 saturated carbocycles. The summed E-state index contributed by atoms with van der Waals surface area (Å²) in [5.41, 5.74) is 0. The number of hydrogen-bond acceptors (Lipinski definition) is 4. The fraction of sp³-hybridized carbons (Fsp3) is 0.571. The van der Waals surface area contributed by atoms with Crippen molar-refractivity contribution in [2.24, 2.45) is 11.1 Å². The summed E-state index contributed by atoms with van der Waals surface area (Å²) in [6.07, 6.45) is 1.22. The molecule has 1 aromatic rings. The third kappa shape index (κ3) is 1.48. The van der Waals surface area contributed by atoms with Gasteiger partial charge in [0.25, 0.3) is 0 Å². The molecule has 1 aliphatic heterocycles. The minimum Gasteiger partial charge on any atom is -0.477 e. The molecule has 0 unspecified atom stereocenters. The Morgan fingerprint density at radius 2 is 2.43 bits per heavy atom. The lowest BCUT2D eigenvalue weighted by atomic mass is 10.2. The number of fused-ring (bicyclic) bond motifs is 1. The van der Waals surface area contributed by atoms with Crippen molar-refractivity contribution in [3.8, 4) is 5.88 Å². The molecule has 1 atom stereocenters. The third-order valence-electron chi connectivity index (χ3n) is 2.06. The standard InChI is InChI=1S/C7H11N3O3S/c1-5-3-10-7(13-4-5)6(2-9-10)14(8,11)12/h2,5H,3-4H2,1H3,(H2,8,11,12)/t5-/m0/s1. The molecule has 0 saturated heterocycles. The van der Waals surface area contributed by atoms with Crippen LogP contribution < -0.4 is 9.88 Å². The fourth-order valence-corrected chi connectivity index (χ4v) is 2.00. The van der Waals surface area contributed by atoms with Crippen LogP contribution in [0.1, 0.15) is 6.92 Å². The first-order valence-corrected chi connectivity index (χ1v) is 5.74. The Morgan fingerprint density at radius 3 is 3.07 bits per heavy atom. The number of sulfonamides is 1. The van der Waals surface area contributed by atoms with Crippen LogP contribution >= 0.6 is 0 Å². The van der Waals surface area contributed by atoms with E-state index < -0.39 is 10.0 Å². The number of primary sulfonamides is 1. The Morgan fingerprint density at radius 1 is 1.71 bits per heavy atom. The van der Waals surface area contributed by atoms with Crippen LogP contribution in [0, 0.1) is 5.92 Å². The summed E-state index contributed by atoms with van der Waals surface area (Å²) < 4.78 is 29.0. The van der Waals surface area contributed by atoms with Gasteiger partial charge in [-0.15, -0.1) is 0 Å². The van der Waals surface area contributed by atoms with Crippen molar-refractivity contribution in [3.63, 3.8) is 0 Å². The van der Waals surface area contributed by atoms with Gasteiger partial charge in [0.1, 0.15) is 0 Å². The zero-order chi connectivity index (χ0) is 10.3. The summed E-state index contributed by atoms with van der Waals surface area (Å²) in [6.45, 7) is 3.15. The molecule has 1 aromatic heterocycles. The Balaban J connectivity index is 2.49. The molecular weight excluding hydrogens is 206 g/mol. The van der Waals surface area contributed by atoms with Crippen LogP contribution in [0.5, 0.6) is 5.88 Å². The second-order valence-electron chi connectivity index (χ2n) is 3.46. The van der Waals surface area contributed by atoms with Crippen molar-refractivity contribution in [1.29, 1.82) is 0 Å². The SMILES string of the molecule is C[C@@H]1COc2c(S(N)(=O)=O)cnn2C1. The highest BCUT2D eigenvalue weighted by molar-refractivity contribution is 7.89. The van der Waals surface area contributed by atoms with Crippen molar-refractivity contribution < 1.29 is 13.2 Å². The Kier molecular flexibility index (Phi) is 2.00. The zero-order valence-electron chi connectivity index (χ0n) is 7.67. The second kappa shape index (κ2) is 2.96. The number of nitrogens with two attached hydrogens (primary N) is 1. The summed E-state index contributed by atoms with van der Waals surface area (Å²) in [7, 11) is -3.73. The highest BCUT2D eigenvalue weighted by Gasteiger charge is 2.25. The second-order valence-corrected chi connectivity index (χ2v) is 4.99. The molecule has 0 fully saturated rings. The van der Waals surface area contributed by atoms with Crippen molar-refractivity contribution in [3.05, 3.63) is 6.20 Å². The van der Waals surface area contributed by atoms with Crippen LogP contribution in [-0.4, -0.2) is 24.8 Å². The van der Waals surface area contributed by atoms with E-state index in [0.29, 0.717) is 19.1 Å². The lowest BCUT2D eigenvalue weighted by Crippen LogP contribution is -2.24. The molecular formula is C7H11N3O3S. The van der Waals surface area contributed by atoms with E-state index in [1.165, 1.54) is 10.9 Å². The summed E-state index contributed by atoms with van der Waals surface area (Å²) >= 11 is 0. The maximum absolute atomic E-state index is 11.1. The van der Waals surface area contributed by atoms with Gasteiger partial charge in [0.15, 0.2) is 4.90 Å². The molecule has 0 bridgehead atoms. The normalized spacial score (nSPS) is 21.4. The van der Waals surface area contributed by atoms with Gasteiger partial charge in [-0.05, 0) is 0 Å². The van der Waals surface area contributed by atoms with Gasteiger partial charge in [0, 0.05) is 5.92 Å². The molecule has 0 amide bonds. The summed E-state index contributed by atoms with van der Waals surface area (Å²) in [5, 5.41) is 8.90. The Hall–Kier alpha value is -1.08. The highest BCUT2D eigenvalue weighted by atomic mass is 32.2. The zero-order valence-corrected chi connectivity index (χ0v) is 8.49. The molecule has 14 heavy (non-hydrogen) atoms. The first-order valence-electron chi connectivity index (χ1n) is 4.20. The van der Waals surface area contributed by atoms with E-state index in [4.69, 9.17) is 9.88 Å². The maximum Gasteiger partial charge on any atom is 0.245 e. The average Bonchev–Trinajstić information content (AvgIpc) is 2.45. The van der Waals surface area contributed by atoms with E-state index in [-0.39, 0.29) is 10.8 Å². The van der Waals surface area contributed by atoms with Crippen LogP contribution in [-0.2, 0) is 16.6 Å². The van der Waals surface area contributed by atoms with Crippen LogP contribution in [0.3, 0.4) is 0 Å². The van der Waals surface area contributed by atoms with E-state index in [0.717, 1.165) is 0 Å². The van der Waals surface area contributed by atoms with Gasteiger partial charge in [-0.25, -0.2) is 18.2 Å². The van der Waals surface area contributed by atoms with Gasteiger partial charge in [0.05, 0.1) is 19.3 Å². The smallest absolute Gasteiger partial charge is 0.245 e. The van der Waals surface area contributed by atoms with Crippen LogP contribution in [0.4, 0.5) is 0 Å². The first-order chi connectivity index (χ1) is 6.48. The summed E-state index contributed by atoms with van der Waals surface area (Å²) in [6, 6.07) is 0. The molecule has 0 aliphatic carbocycles. The minimum atomic E-state index is -3.73. The number of rotatable bonds is 1. The van der Waals surface area contributed by atoms with E-state index in [2.05, 4.69) is 5.10 Å². The molecule has 78 valence electrons. The number of ether oxygens (including phenoxy) is 1. The number of hydrogen-bond donors (Lipinski definition) is 1. The number of nitrogens with zero attached hydrogens (tertiary/aromatic N) is 2. The highest BCUT2D eigenvalue weighted by Crippen LogP contribution is 2.26. The van der Waals surface area contributed by atoms with Crippen molar-refractivity contribution in [2.75, 3.05) is 6.61 Å². The van der Waals surface area contributed by atoms with Gasteiger partial charge < -0.3 is 4.74 Å². The van der Waals surface area contributed by atoms with E-state index >= 15 is 0 Å². The fourth-order valence-electron chi connectivity index (χ4n) is 1.40. The van der Waals surface area contributed by atoms with Crippen LogP contribution in [0.15, 0.2) is 11.1 Å². The third-order valence-corrected chi connectivity index (χ3v) is 2.95. The van der Waals surface area contributed by atoms with E-state index in [1.54, 1.807) is 0 Å². The Labute approximate surface area is 81.7 Å². The Bertz CT molecular complexity index is 451. The van der Waals surface area contributed by atoms with Gasteiger partial charge >= 0.3 is 0 Å². The van der Waals surface area contributed by atoms with Crippen molar-refractivity contribution in [1.82, 2.24) is 9.78 Å². The van der Waals surface area contributed by atoms with Gasteiger partial charge in [-0.3, -0.25) is 0 Å². The topological polar surface area (TPSA) is 87.2 Å². The largest absolute Gasteiger partial charge is 0.477 e. The molecule has 2 rings (SSSR count). The molecule has 2 N–H and O–H groups in total. The quantitative estimate of drug-likeness (QED) is 0.690.